The Bertz CT molecular complexity index is 460. The first-order valence-electron chi connectivity index (χ1n) is 4.73. The number of nitrogens with zero attached hydrogens (tertiary/aromatic N) is 1. The summed E-state index contributed by atoms with van der Waals surface area (Å²) in [4.78, 5) is 0. The Hall–Kier alpha value is -1.41. The lowest BCUT2D eigenvalue weighted by Gasteiger charge is -2.19. The molecule has 1 atom stereocenters. The molecule has 0 heterocycles. The third kappa shape index (κ3) is 2.80. The summed E-state index contributed by atoms with van der Waals surface area (Å²) in [7, 11) is -1.38. The molecule has 1 aromatic rings. The van der Waals surface area contributed by atoms with E-state index in [0.29, 0.717) is 0 Å². The average molecular weight is 240 g/mol. The van der Waals surface area contributed by atoms with Crippen molar-refractivity contribution in [1.29, 1.82) is 5.26 Å². The molecule has 0 aromatic heterocycles. The van der Waals surface area contributed by atoms with Crippen LogP contribution in [-0.2, 0) is 11.0 Å². The predicted molar refractivity (Wildman–Crippen MR) is 62.6 cm³/mol. The van der Waals surface area contributed by atoms with Gasteiger partial charge in [0.2, 0.25) is 0 Å². The zero-order chi connectivity index (χ0) is 12.3. The molecule has 0 amide bonds. The number of nitriles is 1. The van der Waals surface area contributed by atoms with E-state index in [9.17, 15) is 8.60 Å². The largest absolute Gasteiger partial charge is 0.303 e. The first-order valence-corrected chi connectivity index (χ1v) is 5.88. The summed E-state index contributed by atoms with van der Waals surface area (Å²) >= 11 is 0. The molecule has 0 spiro atoms. The van der Waals surface area contributed by atoms with E-state index >= 15 is 0 Å². The van der Waals surface area contributed by atoms with E-state index in [1.165, 1.54) is 18.2 Å². The van der Waals surface area contributed by atoms with Gasteiger partial charge < -0.3 is 4.72 Å². The Kier molecular flexibility index (Phi) is 3.66. The Morgan fingerprint density at radius 2 is 2.06 bits per heavy atom. The molecule has 0 aliphatic carbocycles. The zero-order valence-corrected chi connectivity index (χ0v) is 10.2. The molecule has 1 aromatic carbocycles. The van der Waals surface area contributed by atoms with Crippen LogP contribution in [0, 0.1) is 17.1 Å². The summed E-state index contributed by atoms with van der Waals surface area (Å²) in [6.07, 6.45) is 0. The van der Waals surface area contributed by atoms with E-state index in [2.05, 4.69) is 4.72 Å². The molecule has 0 radical (unpaired) electrons. The maximum absolute atomic E-state index is 13.2. The number of nitrogens with one attached hydrogen (secondary N) is 1. The molecule has 3 nitrogen and oxygen atoms in total. The van der Waals surface area contributed by atoms with Crippen molar-refractivity contribution in [1.82, 2.24) is 0 Å². The molecule has 1 unspecified atom stereocenters. The Morgan fingerprint density at radius 3 is 2.56 bits per heavy atom. The minimum Gasteiger partial charge on any atom is -0.303 e. The monoisotopic (exact) mass is 240 g/mol. The van der Waals surface area contributed by atoms with Crippen molar-refractivity contribution in [3.8, 4) is 6.07 Å². The Balaban J connectivity index is 3.04. The van der Waals surface area contributed by atoms with Gasteiger partial charge in [-0.2, -0.15) is 5.26 Å². The first-order chi connectivity index (χ1) is 7.36. The third-order valence-corrected chi connectivity index (χ3v) is 3.40. The molecule has 0 aliphatic heterocycles. The SMILES string of the molecule is CC(C)(C)S(=O)Nc1cccc(F)c1C#N. The lowest BCUT2D eigenvalue weighted by molar-refractivity contribution is 0.624. The molecule has 5 heteroatoms. The molecule has 0 saturated carbocycles. The molecule has 1 N–H and O–H groups in total. The molecule has 0 aliphatic rings. The fourth-order valence-corrected chi connectivity index (χ4v) is 1.65. The summed E-state index contributed by atoms with van der Waals surface area (Å²) in [5.74, 6) is -0.613. The molecule has 86 valence electrons. The van der Waals surface area contributed by atoms with Crippen molar-refractivity contribution in [3.63, 3.8) is 0 Å². The number of rotatable bonds is 2. The van der Waals surface area contributed by atoms with E-state index in [1.807, 2.05) is 0 Å². The molecular formula is C11H13FN2OS. The summed E-state index contributed by atoms with van der Waals surface area (Å²) < 4.78 is 27.2. The summed E-state index contributed by atoms with van der Waals surface area (Å²) in [6.45, 7) is 5.38. The van der Waals surface area contributed by atoms with E-state index in [1.54, 1.807) is 26.8 Å². The lowest BCUT2D eigenvalue weighted by Crippen LogP contribution is -2.27. The van der Waals surface area contributed by atoms with Gasteiger partial charge in [0.15, 0.2) is 0 Å². The van der Waals surface area contributed by atoms with Crippen LogP contribution >= 0.6 is 0 Å². The van der Waals surface area contributed by atoms with Crippen LogP contribution in [0.4, 0.5) is 10.1 Å². The minimum atomic E-state index is -1.38. The molecule has 0 saturated heterocycles. The van der Waals surface area contributed by atoms with Crippen LogP contribution in [0.3, 0.4) is 0 Å². The maximum Gasteiger partial charge on any atom is 0.143 e. The van der Waals surface area contributed by atoms with E-state index in [0.717, 1.165) is 0 Å². The highest BCUT2D eigenvalue weighted by Gasteiger charge is 2.21. The average Bonchev–Trinajstić information content (AvgIpc) is 2.16. The second kappa shape index (κ2) is 4.62. The first kappa shape index (κ1) is 12.7. The molecule has 0 fully saturated rings. The van der Waals surface area contributed by atoms with Gasteiger partial charge in [-0.25, -0.2) is 8.60 Å². The predicted octanol–water partition coefficient (Wildman–Crippen LogP) is 2.57. The van der Waals surface area contributed by atoms with Gasteiger partial charge in [-0.1, -0.05) is 6.07 Å². The Morgan fingerprint density at radius 1 is 1.44 bits per heavy atom. The topological polar surface area (TPSA) is 52.9 Å². The van der Waals surface area contributed by atoms with Crippen molar-refractivity contribution in [2.75, 3.05) is 4.72 Å². The Labute approximate surface area is 96.9 Å². The highest BCUT2D eigenvalue weighted by molar-refractivity contribution is 7.87. The zero-order valence-electron chi connectivity index (χ0n) is 9.37. The number of anilines is 1. The maximum atomic E-state index is 13.2. The fraction of sp³-hybridized carbons (Fsp3) is 0.364. The number of halogens is 1. The van der Waals surface area contributed by atoms with Gasteiger partial charge in [-0.15, -0.1) is 0 Å². The van der Waals surface area contributed by atoms with Gasteiger partial charge in [0.1, 0.15) is 28.4 Å². The fourth-order valence-electron chi connectivity index (χ4n) is 0.976. The summed E-state index contributed by atoms with van der Waals surface area (Å²) in [5, 5.41) is 8.79. The third-order valence-electron chi connectivity index (χ3n) is 1.88. The normalized spacial score (nSPS) is 12.9. The van der Waals surface area contributed by atoms with Gasteiger partial charge in [0, 0.05) is 0 Å². The number of benzene rings is 1. The number of hydrogen-bond donors (Lipinski definition) is 1. The van der Waals surface area contributed by atoms with Gasteiger partial charge in [-0.05, 0) is 32.9 Å². The van der Waals surface area contributed by atoms with Crippen molar-refractivity contribution in [2.24, 2.45) is 0 Å². The van der Waals surface area contributed by atoms with E-state index in [-0.39, 0.29) is 11.3 Å². The summed E-state index contributed by atoms with van der Waals surface area (Å²) in [5.41, 5.74) is 0.149. The standard InChI is InChI=1S/C11H13FN2OS/c1-11(2,3)16(15)14-10-6-4-5-9(12)8(10)7-13/h4-6,14H,1-3H3. The van der Waals surface area contributed by atoms with E-state index < -0.39 is 21.5 Å². The van der Waals surface area contributed by atoms with E-state index in [4.69, 9.17) is 5.26 Å². The second-order valence-corrected chi connectivity index (χ2v) is 6.22. The van der Waals surface area contributed by atoms with Gasteiger partial charge in [0.05, 0.1) is 10.4 Å². The van der Waals surface area contributed by atoms with Crippen LogP contribution in [0.15, 0.2) is 18.2 Å². The van der Waals surface area contributed by atoms with Crippen molar-refractivity contribution in [3.05, 3.63) is 29.6 Å². The van der Waals surface area contributed by atoms with Crippen molar-refractivity contribution < 1.29 is 8.60 Å². The quantitative estimate of drug-likeness (QED) is 0.863. The van der Waals surface area contributed by atoms with Crippen LogP contribution in [0.5, 0.6) is 0 Å². The van der Waals surface area contributed by atoms with Crippen LogP contribution in [0.25, 0.3) is 0 Å². The van der Waals surface area contributed by atoms with Gasteiger partial charge in [0.25, 0.3) is 0 Å². The lowest BCUT2D eigenvalue weighted by atomic mass is 10.2. The molecule has 0 bridgehead atoms. The molecular weight excluding hydrogens is 227 g/mol. The van der Waals surface area contributed by atoms with Gasteiger partial charge in [-0.3, -0.25) is 0 Å². The second-order valence-electron chi connectivity index (χ2n) is 4.26. The van der Waals surface area contributed by atoms with Crippen LogP contribution < -0.4 is 4.72 Å². The smallest absolute Gasteiger partial charge is 0.143 e. The van der Waals surface area contributed by atoms with Gasteiger partial charge >= 0.3 is 0 Å². The summed E-state index contributed by atoms with van der Waals surface area (Å²) in [6, 6.07) is 5.95. The number of hydrogen-bond acceptors (Lipinski definition) is 2. The van der Waals surface area contributed by atoms with Crippen LogP contribution in [0.1, 0.15) is 26.3 Å². The van der Waals surface area contributed by atoms with Crippen molar-refractivity contribution in [2.45, 2.75) is 25.5 Å². The minimum absolute atomic E-state index is 0.111. The van der Waals surface area contributed by atoms with Crippen LogP contribution in [0.2, 0.25) is 0 Å². The molecule has 16 heavy (non-hydrogen) atoms. The highest BCUT2D eigenvalue weighted by atomic mass is 32.2. The van der Waals surface area contributed by atoms with Crippen LogP contribution in [-0.4, -0.2) is 8.96 Å². The van der Waals surface area contributed by atoms with Crippen molar-refractivity contribution >= 4 is 16.7 Å². The highest BCUT2D eigenvalue weighted by Crippen LogP contribution is 2.21. The molecule has 1 rings (SSSR count).